The van der Waals surface area contributed by atoms with Crippen molar-refractivity contribution in [3.63, 3.8) is 0 Å². The van der Waals surface area contributed by atoms with Crippen LogP contribution in [0.4, 0.5) is 0 Å². The fourth-order valence-electron chi connectivity index (χ4n) is 2.54. The second-order valence-electron chi connectivity index (χ2n) is 5.78. The Morgan fingerprint density at radius 1 is 1.46 bits per heavy atom. The molecule has 3 heterocycles. The van der Waals surface area contributed by atoms with Crippen LogP contribution in [0.25, 0.3) is 6.08 Å². The van der Waals surface area contributed by atoms with Gasteiger partial charge in [0.15, 0.2) is 9.84 Å². The molecule has 1 N–H and O–H groups in total. The zero-order valence-corrected chi connectivity index (χ0v) is 16.8. The number of sulfone groups is 1. The van der Waals surface area contributed by atoms with Crippen LogP contribution in [0, 0.1) is 0 Å². The van der Waals surface area contributed by atoms with Gasteiger partial charge in [-0.2, -0.15) is 0 Å². The number of carbonyl (C=O) groups excluding carboxylic acids is 2. The van der Waals surface area contributed by atoms with Crippen molar-refractivity contribution in [2.45, 2.75) is 18.9 Å². The fraction of sp³-hybridized carbons (Fsp3) is 0.312. The van der Waals surface area contributed by atoms with Crippen LogP contribution in [0.1, 0.15) is 17.7 Å². The van der Waals surface area contributed by atoms with E-state index in [1.54, 1.807) is 11.3 Å². The van der Waals surface area contributed by atoms with Crippen LogP contribution in [0.15, 0.2) is 33.9 Å². The molecule has 1 aromatic rings. The summed E-state index contributed by atoms with van der Waals surface area (Å²) in [5, 5.41) is 5.73. The van der Waals surface area contributed by atoms with Gasteiger partial charge in [-0.1, -0.05) is 30.0 Å². The van der Waals surface area contributed by atoms with Crippen molar-refractivity contribution >= 4 is 67.4 Å². The molecule has 26 heavy (non-hydrogen) atoms. The molecule has 1 aromatic heterocycles. The number of thiocarbonyl (C=S) groups is 1. The summed E-state index contributed by atoms with van der Waals surface area (Å²) in [5.41, 5.74) is 0. The highest BCUT2D eigenvalue weighted by atomic mass is 32.2. The Kier molecular flexibility index (Phi) is 5.96. The number of hydrogen-bond acceptors (Lipinski definition) is 7. The van der Waals surface area contributed by atoms with Crippen molar-refractivity contribution in [1.82, 2.24) is 10.2 Å². The van der Waals surface area contributed by atoms with E-state index in [4.69, 9.17) is 12.2 Å². The van der Waals surface area contributed by atoms with Crippen LogP contribution in [0.3, 0.4) is 0 Å². The molecule has 1 saturated heterocycles. The number of hydrogen-bond donors (Lipinski definition) is 1. The first-order valence-electron chi connectivity index (χ1n) is 7.83. The number of thioether (sulfide) groups is 1. The number of amides is 2. The summed E-state index contributed by atoms with van der Waals surface area (Å²) >= 11 is 8.07. The third kappa shape index (κ3) is 4.81. The lowest BCUT2D eigenvalue weighted by Crippen LogP contribution is -2.36. The minimum atomic E-state index is -3.19. The summed E-state index contributed by atoms with van der Waals surface area (Å²) in [6, 6.07) is 3.37. The van der Waals surface area contributed by atoms with Crippen molar-refractivity contribution in [2.75, 3.05) is 12.3 Å². The normalized spacial score (nSPS) is 23.2. The van der Waals surface area contributed by atoms with Crippen LogP contribution in [-0.2, 0) is 19.4 Å². The summed E-state index contributed by atoms with van der Waals surface area (Å²) in [7, 11) is -3.19. The second kappa shape index (κ2) is 8.03. The molecular weight excluding hydrogens is 412 g/mol. The van der Waals surface area contributed by atoms with Crippen LogP contribution in [0.2, 0.25) is 0 Å². The van der Waals surface area contributed by atoms with Gasteiger partial charge in [-0.25, -0.2) is 8.42 Å². The molecule has 3 rings (SSSR count). The topological polar surface area (TPSA) is 83.6 Å². The Hall–Kier alpha value is -1.49. The van der Waals surface area contributed by atoms with Crippen LogP contribution < -0.4 is 5.32 Å². The number of rotatable bonds is 6. The summed E-state index contributed by atoms with van der Waals surface area (Å²) in [6.45, 7) is 0.360. The van der Waals surface area contributed by atoms with Gasteiger partial charge >= 0.3 is 0 Å². The molecule has 0 spiro atoms. The van der Waals surface area contributed by atoms with E-state index < -0.39 is 15.9 Å². The second-order valence-corrected chi connectivity index (χ2v) is 10.4. The van der Waals surface area contributed by atoms with E-state index in [-0.39, 0.29) is 24.0 Å². The molecule has 0 bridgehead atoms. The number of thiophene rings is 1. The highest BCUT2D eigenvalue weighted by Crippen LogP contribution is 2.33. The molecule has 6 nitrogen and oxygen atoms in total. The number of carbonyl (C=O) groups is 2. The van der Waals surface area contributed by atoms with Crippen molar-refractivity contribution in [3.8, 4) is 0 Å². The number of nitrogens with zero attached hydrogens (tertiary/aromatic N) is 1. The van der Waals surface area contributed by atoms with Crippen molar-refractivity contribution in [3.05, 3.63) is 38.8 Å². The molecule has 1 atom stereocenters. The first-order valence-corrected chi connectivity index (χ1v) is 11.7. The molecule has 2 aliphatic rings. The average molecular weight is 429 g/mol. The highest BCUT2D eigenvalue weighted by molar-refractivity contribution is 8.26. The van der Waals surface area contributed by atoms with E-state index in [0.717, 1.165) is 10.3 Å². The first-order chi connectivity index (χ1) is 12.3. The fourth-order valence-corrected chi connectivity index (χ4v) is 5.80. The maximum absolute atomic E-state index is 12.4. The van der Waals surface area contributed by atoms with Gasteiger partial charge in [0.2, 0.25) is 5.91 Å². The molecule has 0 unspecified atom stereocenters. The quantitative estimate of drug-likeness (QED) is 0.552. The largest absolute Gasteiger partial charge is 0.349 e. The smallest absolute Gasteiger partial charge is 0.266 e. The van der Waals surface area contributed by atoms with Crippen LogP contribution in [0.5, 0.6) is 0 Å². The predicted octanol–water partition coefficient (Wildman–Crippen LogP) is 2.16. The van der Waals surface area contributed by atoms with E-state index in [9.17, 15) is 18.0 Å². The van der Waals surface area contributed by atoms with Gasteiger partial charge in [-0.3, -0.25) is 14.5 Å². The Morgan fingerprint density at radius 3 is 2.92 bits per heavy atom. The molecule has 2 aliphatic heterocycles. The number of nitrogens with one attached hydrogen (secondary N) is 1. The highest BCUT2D eigenvalue weighted by Gasteiger charge is 2.31. The summed E-state index contributed by atoms with van der Waals surface area (Å²) < 4.78 is 23.1. The molecule has 10 heteroatoms. The molecule has 0 aliphatic carbocycles. The zero-order chi connectivity index (χ0) is 18.7. The minimum absolute atomic E-state index is 0.0963. The summed E-state index contributed by atoms with van der Waals surface area (Å²) in [4.78, 5) is 27.5. The lowest BCUT2D eigenvalue weighted by atomic mass is 10.2. The maximum Gasteiger partial charge on any atom is 0.266 e. The lowest BCUT2D eigenvalue weighted by molar-refractivity contribution is -0.124. The van der Waals surface area contributed by atoms with Gasteiger partial charge in [-0.15, -0.1) is 11.3 Å². The van der Waals surface area contributed by atoms with Gasteiger partial charge in [0.1, 0.15) is 4.32 Å². The van der Waals surface area contributed by atoms with Crippen molar-refractivity contribution in [1.29, 1.82) is 0 Å². The van der Waals surface area contributed by atoms with Crippen LogP contribution >= 0.6 is 35.3 Å². The van der Waals surface area contributed by atoms with Gasteiger partial charge in [0.05, 0.1) is 16.7 Å². The van der Waals surface area contributed by atoms with Gasteiger partial charge in [0.25, 0.3) is 5.91 Å². The molecule has 138 valence electrons. The molecule has 0 aromatic carbocycles. The van der Waals surface area contributed by atoms with E-state index in [1.807, 2.05) is 23.6 Å². The molecule has 2 amide bonds. The Morgan fingerprint density at radius 2 is 2.27 bits per heavy atom. The lowest BCUT2D eigenvalue weighted by Gasteiger charge is -2.15. The first kappa shape index (κ1) is 19.3. The third-order valence-corrected chi connectivity index (χ3v) is 7.34. The standard InChI is InChI=1S/C16H16N2O4S4/c19-14(17-11-5-8-26(21,22)10-11)4-1-6-18-15(20)13(25-16(18)23)9-12-3-2-7-24-12/h2-3,5,7-9,11H,1,4,6,10H2,(H,17,19)/b13-9+/t11-/m1/s1. The maximum atomic E-state index is 12.4. The molecular formula is C16H16N2O4S4. The SMILES string of the molecule is O=C(CCCN1C(=O)/C(=C\c2cccs2)SC1=S)N[C@@H]1C=CS(=O)(=O)C1. The van der Waals surface area contributed by atoms with Crippen molar-refractivity contribution < 1.29 is 18.0 Å². The Balaban J connectivity index is 1.47. The van der Waals surface area contributed by atoms with E-state index in [0.29, 0.717) is 22.2 Å². The van der Waals surface area contributed by atoms with Crippen molar-refractivity contribution in [2.24, 2.45) is 0 Å². The van der Waals surface area contributed by atoms with E-state index >= 15 is 0 Å². The summed E-state index contributed by atoms with van der Waals surface area (Å²) in [5.74, 6) is -0.476. The predicted molar refractivity (Wildman–Crippen MR) is 108 cm³/mol. The minimum Gasteiger partial charge on any atom is -0.349 e. The molecule has 0 radical (unpaired) electrons. The Labute approximate surface area is 165 Å². The van der Waals surface area contributed by atoms with E-state index in [2.05, 4.69) is 5.32 Å². The average Bonchev–Trinajstić information content (AvgIpc) is 3.25. The monoisotopic (exact) mass is 428 g/mol. The van der Waals surface area contributed by atoms with E-state index in [1.165, 1.54) is 22.7 Å². The Bertz CT molecular complexity index is 887. The zero-order valence-electron chi connectivity index (χ0n) is 13.6. The molecule has 1 fully saturated rings. The van der Waals surface area contributed by atoms with Gasteiger partial charge < -0.3 is 5.32 Å². The third-order valence-electron chi connectivity index (χ3n) is 3.75. The summed E-state index contributed by atoms with van der Waals surface area (Å²) in [6.07, 6.45) is 3.95. The van der Waals surface area contributed by atoms with Gasteiger partial charge in [-0.05, 0) is 30.0 Å². The van der Waals surface area contributed by atoms with Crippen LogP contribution in [-0.4, -0.2) is 47.8 Å². The van der Waals surface area contributed by atoms with Gasteiger partial charge in [0, 0.05) is 23.3 Å². The molecule has 0 saturated carbocycles.